The summed E-state index contributed by atoms with van der Waals surface area (Å²) < 4.78 is 7.38. The Hall–Kier alpha value is -2.23. The number of fused-ring (bicyclic) bond motifs is 1. The summed E-state index contributed by atoms with van der Waals surface area (Å²) in [6.45, 7) is 9.17. The second-order valence-corrected chi connectivity index (χ2v) is 13.7. The molecule has 2 atom stereocenters. The predicted octanol–water partition coefficient (Wildman–Crippen LogP) is 4.80. The third-order valence-corrected chi connectivity index (χ3v) is 11.7. The van der Waals surface area contributed by atoms with Gasteiger partial charge in [0, 0.05) is 5.41 Å². The maximum atomic E-state index is 11.9. The number of hydrogen-bond acceptors (Lipinski definition) is 2. The van der Waals surface area contributed by atoms with E-state index in [-0.39, 0.29) is 22.3 Å². The molecule has 0 heterocycles. The Balaban J connectivity index is 1.87. The molecule has 2 nitrogen and oxygen atoms in total. The molecule has 150 valence electrons. The Morgan fingerprint density at radius 3 is 2.03 bits per heavy atom. The van der Waals surface area contributed by atoms with Crippen molar-refractivity contribution in [3.05, 3.63) is 84.5 Å². The number of ketones is 1. The fourth-order valence-corrected chi connectivity index (χ4v) is 9.87. The van der Waals surface area contributed by atoms with Crippen molar-refractivity contribution in [2.75, 3.05) is 0 Å². The van der Waals surface area contributed by atoms with Crippen LogP contribution in [0.2, 0.25) is 5.04 Å². The largest absolute Gasteiger partial charge is 0.403 e. The second kappa shape index (κ2) is 7.23. The zero-order chi connectivity index (χ0) is 20.7. The molecule has 2 aliphatic carbocycles. The lowest BCUT2D eigenvalue weighted by Crippen LogP contribution is -2.68. The van der Waals surface area contributed by atoms with E-state index >= 15 is 0 Å². The molecule has 4 rings (SSSR count). The Bertz CT molecular complexity index is 914. The van der Waals surface area contributed by atoms with E-state index < -0.39 is 8.32 Å². The van der Waals surface area contributed by atoms with Crippen LogP contribution < -0.4 is 10.4 Å². The molecule has 0 N–H and O–H groups in total. The molecule has 0 spiro atoms. The molecule has 2 aromatic carbocycles. The molecule has 2 aromatic rings. The number of benzene rings is 2. The van der Waals surface area contributed by atoms with Crippen LogP contribution in [0, 0.1) is 5.41 Å². The summed E-state index contributed by atoms with van der Waals surface area (Å²) in [6.07, 6.45) is 7.56. The van der Waals surface area contributed by atoms with Crippen LogP contribution in [0.5, 0.6) is 0 Å². The minimum absolute atomic E-state index is 0.0489. The van der Waals surface area contributed by atoms with Gasteiger partial charge in [-0.3, -0.25) is 4.79 Å². The monoisotopic (exact) mass is 402 g/mol. The van der Waals surface area contributed by atoms with E-state index in [9.17, 15) is 4.79 Å². The van der Waals surface area contributed by atoms with Crippen molar-refractivity contribution in [2.45, 2.75) is 51.7 Å². The van der Waals surface area contributed by atoms with Crippen LogP contribution in [-0.2, 0) is 9.22 Å². The van der Waals surface area contributed by atoms with Crippen LogP contribution in [0.3, 0.4) is 0 Å². The number of carbonyl (C=O) groups is 1. The fraction of sp³-hybridized carbons (Fsp3) is 0.346. The fourth-order valence-electron chi connectivity index (χ4n) is 5.07. The quantitative estimate of drug-likeness (QED) is 0.687. The summed E-state index contributed by atoms with van der Waals surface area (Å²) in [4.78, 5) is 11.9. The number of carbonyl (C=O) groups excluding carboxylic acids is 1. The van der Waals surface area contributed by atoms with Gasteiger partial charge in [0.05, 0.1) is 6.10 Å². The predicted molar refractivity (Wildman–Crippen MR) is 122 cm³/mol. The van der Waals surface area contributed by atoms with Crippen molar-refractivity contribution < 1.29 is 9.22 Å². The summed E-state index contributed by atoms with van der Waals surface area (Å²) >= 11 is 0. The molecule has 3 heteroatoms. The maximum Gasteiger partial charge on any atom is 0.261 e. The van der Waals surface area contributed by atoms with E-state index in [0.29, 0.717) is 0 Å². The zero-order valence-corrected chi connectivity index (χ0v) is 18.8. The molecule has 1 saturated carbocycles. The van der Waals surface area contributed by atoms with Crippen LogP contribution >= 0.6 is 0 Å². The summed E-state index contributed by atoms with van der Waals surface area (Å²) in [7, 11) is -2.60. The highest BCUT2D eigenvalue weighted by Crippen LogP contribution is 2.50. The molecule has 0 saturated heterocycles. The van der Waals surface area contributed by atoms with E-state index in [2.05, 4.69) is 94.4 Å². The smallest absolute Gasteiger partial charge is 0.261 e. The third-order valence-electron chi connectivity index (χ3n) is 6.68. The molecule has 0 aliphatic heterocycles. The molecule has 0 radical (unpaired) electrons. The van der Waals surface area contributed by atoms with Crippen LogP contribution in [0.15, 0.2) is 84.5 Å². The Morgan fingerprint density at radius 1 is 0.966 bits per heavy atom. The van der Waals surface area contributed by atoms with Gasteiger partial charge in [0.25, 0.3) is 8.32 Å². The lowest BCUT2D eigenvalue weighted by Gasteiger charge is -2.47. The average Bonchev–Trinajstić information content (AvgIpc) is 3.02. The van der Waals surface area contributed by atoms with Gasteiger partial charge in [-0.15, -0.1) is 0 Å². The summed E-state index contributed by atoms with van der Waals surface area (Å²) in [5.41, 5.74) is 1.01. The van der Waals surface area contributed by atoms with E-state index in [1.165, 1.54) is 15.9 Å². The maximum absolute atomic E-state index is 11.9. The standard InChI is InChI=1S/C26H30O2Si/c1-25(2,3)29(22-11-7-5-8-12-22,23-13-9-6-10-14-23)28-24-16-15-20-19-21(27)17-18-26(20,24)4/h5-14,17-19,24H,15-16H2,1-4H3/t24-,26+/m1/s1. The topological polar surface area (TPSA) is 26.3 Å². The molecule has 2 aliphatic rings. The van der Waals surface area contributed by atoms with Crippen LogP contribution in [0.1, 0.15) is 40.5 Å². The van der Waals surface area contributed by atoms with Gasteiger partial charge in [0.2, 0.25) is 0 Å². The third kappa shape index (κ3) is 3.27. The van der Waals surface area contributed by atoms with E-state index in [1.54, 1.807) is 6.08 Å². The van der Waals surface area contributed by atoms with Crippen LogP contribution in [-0.4, -0.2) is 20.2 Å². The van der Waals surface area contributed by atoms with E-state index in [1.807, 2.05) is 6.08 Å². The molecule has 0 unspecified atom stereocenters. The first-order valence-electron chi connectivity index (χ1n) is 10.5. The first-order chi connectivity index (χ1) is 13.8. The number of allylic oxidation sites excluding steroid dienone is 2. The van der Waals surface area contributed by atoms with Gasteiger partial charge in [-0.05, 0) is 47.3 Å². The Labute approximate surface area is 175 Å². The van der Waals surface area contributed by atoms with Gasteiger partial charge in [-0.2, -0.15) is 0 Å². The summed E-state index contributed by atoms with van der Waals surface area (Å²) in [5.74, 6) is 0.101. The Morgan fingerprint density at radius 2 is 1.52 bits per heavy atom. The SMILES string of the molecule is CC(C)(C)[Si](O[C@@H]1CCC2=CC(=O)C=C[C@@]21C)(c1ccccc1)c1ccccc1. The van der Waals surface area contributed by atoms with Gasteiger partial charge < -0.3 is 4.43 Å². The molecular weight excluding hydrogens is 372 g/mol. The van der Waals surface area contributed by atoms with Crippen molar-refractivity contribution in [2.24, 2.45) is 5.41 Å². The highest BCUT2D eigenvalue weighted by atomic mass is 28.4. The van der Waals surface area contributed by atoms with E-state index in [4.69, 9.17) is 4.43 Å². The minimum atomic E-state index is -2.60. The van der Waals surface area contributed by atoms with E-state index in [0.717, 1.165) is 12.8 Å². The van der Waals surface area contributed by atoms with Gasteiger partial charge in [-0.25, -0.2) is 0 Å². The molecule has 1 fully saturated rings. The normalized spacial score (nSPS) is 24.3. The molecule has 29 heavy (non-hydrogen) atoms. The molecule has 0 aromatic heterocycles. The lowest BCUT2D eigenvalue weighted by molar-refractivity contribution is -0.110. The summed E-state index contributed by atoms with van der Waals surface area (Å²) in [5, 5.41) is 2.55. The first-order valence-corrected chi connectivity index (χ1v) is 12.4. The van der Waals surface area contributed by atoms with Gasteiger partial charge in [0.15, 0.2) is 5.78 Å². The number of hydrogen-bond donors (Lipinski definition) is 0. The molecule has 0 amide bonds. The first kappa shape index (κ1) is 20.1. The van der Waals surface area contributed by atoms with Crippen molar-refractivity contribution in [1.82, 2.24) is 0 Å². The second-order valence-electron chi connectivity index (χ2n) is 9.50. The van der Waals surface area contributed by atoms with Crippen molar-refractivity contribution >= 4 is 24.5 Å². The lowest BCUT2D eigenvalue weighted by atomic mass is 9.79. The van der Waals surface area contributed by atoms with Crippen molar-refractivity contribution in [3.63, 3.8) is 0 Å². The average molecular weight is 403 g/mol. The van der Waals surface area contributed by atoms with Gasteiger partial charge >= 0.3 is 0 Å². The van der Waals surface area contributed by atoms with Gasteiger partial charge in [-0.1, -0.05) is 93.1 Å². The zero-order valence-electron chi connectivity index (χ0n) is 17.8. The van der Waals surface area contributed by atoms with Crippen LogP contribution in [0.4, 0.5) is 0 Å². The van der Waals surface area contributed by atoms with Crippen molar-refractivity contribution in [3.8, 4) is 0 Å². The molecule has 0 bridgehead atoms. The minimum Gasteiger partial charge on any atom is -0.403 e. The highest BCUT2D eigenvalue weighted by molar-refractivity contribution is 6.99. The van der Waals surface area contributed by atoms with Crippen LogP contribution in [0.25, 0.3) is 0 Å². The van der Waals surface area contributed by atoms with Gasteiger partial charge in [0.1, 0.15) is 0 Å². The summed E-state index contributed by atoms with van der Waals surface area (Å²) in [6, 6.07) is 21.6. The molecular formula is C26H30O2Si. The van der Waals surface area contributed by atoms with Crippen molar-refractivity contribution in [1.29, 1.82) is 0 Å². The Kier molecular flexibility index (Phi) is 5.00. The highest BCUT2D eigenvalue weighted by Gasteiger charge is 2.55. The number of rotatable bonds is 4.